The van der Waals surface area contributed by atoms with E-state index < -0.39 is 12.2 Å². The van der Waals surface area contributed by atoms with Crippen LogP contribution in [-0.4, -0.2) is 16.3 Å². The highest BCUT2D eigenvalue weighted by Gasteiger charge is 2.19. The number of aliphatic hydroxyl groups is 2. The maximum atomic E-state index is 9.80. The molecule has 0 aliphatic carbocycles. The van der Waals surface area contributed by atoms with Gasteiger partial charge in [0.25, 0.3) is 0 Å². The Morgan fingerprint density at radius 3 is 2.00 bits per heavy atom. The van der Waals surface area contributed by atoms with Crippen LogP contribution >= 0.6 is 0 Å². The third-order valence-corrected chi connectivity index (χ3v) is 2.40. The monoisotopic (exact) mass is 180 g/mol. The Morgan fingerprint density at radius 1 is 1.00 bits per heavy atom. The third-order valence-electron chi connectivity index (χ3n) is 2.40. The molecule has 2 nitrogen and oxygen atoms in total. The molecule has 3 atom stereocenters. The predicted octanol–water partition coefficient (Wildman–Crippen LogP) is 1.74. The van der Waals surface area contributed by atoms with Crippen LogP contribution in [0.25, 0.3) is 0 Å². The molecule has 0 radical (unpaired) electrons. The van der Waals surface area contributed by atoms with Crippen LogP contribution in [0.3, 0.4) is 0 Å². The molecule has 0 spiro atoms. The molecule has 72 valence electrons. The van der Waals surface area contributed by atoms with Crippen molar-refractivity contribution >= 4 is 0 Å². The van der Waals surface area contributed by atoms with E-state index in [1.165, 1.54) is 0 Å². The number of hydrogen-bond donors (Lipinski definition) is 2. The molecule has 13 heavy (non-hydrogen) atoms. The van der Waals surface area contributed by atoms with Gasteiger partial charge in [0.1, 0.15) is 0 Å². The van der Waals surface area contributed by atoms with Gasteiger partial charge in [0, 0.05) is 5.92 Å². The smallest absolute Gasteiger partial charge is 0.0840 e. The molecular weight excluding hydrogens is 164 g/mol. The van der Waals surface area contributed by atoms with Crippen molar-refractivity contribution in [2.75, 3.05) is 0 Å². The Balaban J connectivity index is 2.73. The Morgan fingerprint density at radius 2 is 1.54 bits per heavy atom. The summed E-state index contributed by atoms with van der Waals surface area (Å²) in [6, 6.07) is 9.40. The molecule has 0 heterocycles. The van der Waals surface area contributed by atoms with Crippen LogP contribution in [0, 0.1) is 5.92 Å². The summed E-state index contributed by atoms with van der Waals surface area (Å²) >= 11 is 0. The second-order valence-electron chi connectivity index (χ2n) is 3.46. The molecular formula is C11H16O2. The summed E-state index contributed by atoms with van der Waals surface area (Å²) in [5, 5.41) is 19.1. The Kier molecular flexibility index (Phi) is 3.46. The summed E-state index contributed by atoms with van der Waals surface area (Å²) in [6.07, 6.45) is -1.07. The first-order valence-electron chi connectivity index (χ1n) is 4.54. The van der Waals surface area contributed by atoms with Crippen molar-refractivity contribution in [2.24, 2.45) is 5.92 Å². The molecule has 0 bridgehead atoms. The van der Waals surface area contributed by atoms with Crippen molar-refractivity contribution in [1.29, 1.82) is 0 Å². The lowest BCUT2D eigenvalue weighted by molar-refractivity contribution is 0.0307. The van der Waals surface area contributed by atoms with E-state index in [0.717, 1.165) is 5.56 Å². The zero-order chi connectivity index (χ0) is 9.84. The molecule has 0 fully saturated rings. The average Bonchev–Trinajstić information content (AvgIpc) is 2.17. The molecule has 0 unspecified atom stereocenters. The first kappa shape index (κ1) is 10.2. The topological polar surface area (TPSA) is 40.5 Å². The first-order chi connectivity index (χ1) is 6.13. The molecule has 0 saturated heterocycles. The van der Waals surface area contributed by atoms with Crippen LogP contribution in [0.5, 0.6) is 0 Å². The van der Waals surface area contributed by atoms with Gasteiger partial charge in [0.15, 0.2) is 0 Å². The van der Waals surface area contributed by atoms with Gasteiger partial charge in [-0.1, -0.05) is 37.3 Å². The predicted molar refractivity (Wildman–Crippen MR) is 52.2 cm³/mol. The Bertz CT molecular complexity index is 244. The van der Waals surface area contributed by atoms with E-state index >= 15 is 0 Å². The van der Waals surface area contributed by atoms with Gasteiger partial charge in [-0.25, -0.2) is 0 Å². The normalized spacial score (nSPS) is 17.8. The lowest BCUT2D eigenvalue weighted by Gasteiger charge is -2.21. The minimum Gasteiger partial charge on any atom is -0.393 e. The molecule has 1 rings (SSSR count). The molecule has 1 aromatic carbocycles. The summed E-state index contributed by atoms with van der Waals surface area (Å²) in [5.74, 6) is -0.137. The highest BCUT2D eigenvalue weighted by Crippen LogP contribution is 2.23. The molecule has 1 aromatic rings. The molecule has 0 aliphatic rings. The molecule has 0 aliphatic heterocycles. The van der Waals surface area contributed by atoms with Crippen LogP contribution in [0.2, 0.25) is 0 Å². The second kappa shape index (κ2) is 4.40. The standard InChI is InChI=1S/C11H16O2/c1-8(9(2)12)11(13)10-6-4-3-5-7-10/h3-9,11-13H,1-2H3/t8-,9+,11-/m1/s1. The number of rotatable bonds is 3. The van der Waals surface area contributed by atoms with Crippen LogP contribution in [0.15, 0.2) is 30.3 Å². The summed E-state index contributed by atoms with van der Waals surface area (Å²) in [4.78, 5) is 0. The maximum Gasteiger partial charge on any atom is 0.0840 e. The summed E-state index contributed by atoms with van der Waals surface area (Å²) in [7, 11) is 0. The van der Waals surface area contributed by atoms with Gasteiger partial charge >= 0.3 is 0 Å². The molecule has 2 heteroatoms. The average molecular weight is 180 g/mol. The molecule has 0 amide bonds. The van der Waals surface area contributed by atoms with E-state index in [4.69, 9.17) is 0 Å². The summed E-state index contributed by atoms with van der Waals surface area (Å²) in [6.45, 7) is 3.53. The quantitative estimate of drug-likeness (QED) is 0.743. The van der Waals surface area contributed by atoms with Crippen LogP contribution in [0.4, 0.5) is 0 Å². The zero-order valence-corrected chi connectivity index (χ0v) is 8.01. The van der Waals surface area contributed by atoms with E-state index in [9.17, 15) is 10.2 Å². The minimum atomic E-state index is -0.582. The van der Waals surface area contributed by atoms with Gasteiger partial charge in [-0.15, -0.1) is 0 Å². The van der Waals surface area contributed by atoms with Gasteiger partial charge in [-0.3, -0.25) is 0 Å². The van der Waals surface area contributed by atoms with E-state index in [0.29, 0.717) is 0 Å². The van der Waals surface area contributed by atoms with Gasteiger partial charge in [0.05, 0.1) is 12.2 Å². The van der Waals surface area contributed by atoms with Crippen LogP contribution in [-0.2, 0) is 0 Å². The van der Waals surface area contributed by atoms with Crippen molar-refractivity contribution in [1.82, 2.24) is 0 Å². The van der Waals surface area contributed by atoms with Gasteiger partial charge < -0.3 is 10.2 Å². The third kappa shape index (κ3) is 2.54. The fraction of sp³-hybridized carbons (Fsp3) is 0.455. The fourth-order valence-electron chi connectivity index (χ4n) is 1.22. The highest BCUT2D eigenvalue weighted by atomic mass is 16.3. The Hall–Kier alpha value is -0.860. The summed E-state index contributed by atoms with van der Waals surface area (Å²) < 4.78 is 0. The zero-order valence-electron chi connectivity index (χ0n) is 8.01. The summed E-state index contributed by atoms with van der Waals surface area (Å²) in [5.41, 5.74) is 0.857. The van der Waals surface area contributed by atoms with Gasteiger partial charge in [-0.05, 0) is 12.5 Å². The van der Waals surface area contributed by atoms with Crippen LogP contribution in [0.1, 0.15) is 25.5 Å². The van der Waals surface area contributed by atoms with E-state index in [-0.39, 0.29) is 5.92 Å². The maximum absolute atomic E-state index is 9.80. The van der Waals surface area contributed by atoms with Crippen molar-refractivity contribution in [3.63, 3.8) is 0 Å². The van der Waals surface area contributed by atoms with E-state index in [1.807, 2.05) is 37.3 Å². The van der Waals surface area contributed by atoms with Gasteiger partial charge in [0.2, 0.25) is 0 Å². The first-order valence-corrected chi connectivity index (χ1v) is 4.54. The molecule has 0 saturated carbocycles. The van der Waals surface area contributed by atoms with Crippen LogP contribution < -0.4 is 0 Å². The van der Waals surface area contributed by atoms with Crippen molar-refractivity contribution in [2.45, 2.75) is 26.1 Å². The largest absolute Gasteiger partial charge is 0.393 e. The lowest BCUT2D eigenvalue weighted by atomic mass is 9.93. The fourth-order valence-corrected chi connectivity index (χ4v) is 1.22. The SMILES string of the molecule is C[C@H]([C@H](C)O)[C@@H](O)c1ccccc1. The van der Waals surface area contributed by atoms with Crippen molar-refractivity contribution in [3.05, 3.63) is 35.9 Å². The van der Waals surface area contributed by atoms with Gasteiger partial charge in [-0.2, -0.15) is 0 Å². The van der Waals surface area contributed by atoms with Crippen molar-refractivity contribution in [3.8, 4) is 0 Å². The second-order valence-corrected chi connectivity index (χ2v) is 3.46. The highest BCUT2D eigenvalue weighted by molar-refractivity contribution is 5.17. The number of aliphatic hydroxyl groups excluding tert-OH is 2. The minimum absolute atomic E-state index is 0.137. The number of benzene rings is 1. The van der Waals surface area contributed by atoms with E-state index in [2.05, 4.69) is 0 Å². The number of hydrogen-bond acceptors (Lipinski definition) is 2. The lowest BCUT2D eigenvalue weighted by Crippen LogP contribution is -2.20. The molecule has 2 N–H and O–H groups in total. The molecule has 0 aromatic heterocycles. The van der Waals surface area contributed by atoms with E-state index in [1.54, 1.807) is 6.92 Å². The Labute approximate surface area is 78.8 Å². The van der Waals surface area contributed by atoms with Crippen molar-refractivity contribution < 1.29 is 10.2 Å².